The van der Waals surface area contributed by atoms with Crippen LogP contribution in [0.5, 0.6) is 0 Å². The van der Waals surface area contributed by atoms with E-state index in [4.69, 9.17) is 0 Å². The van der Waals surface area contributed by atoms with E-state index in [2.05, 4.69) is 42.5 Å². The summed E-state index contributed by atoms with van der Waals surface area (Å²) in [4.78, 5) is 13.5. The van der Waals surface area contributed by atoms with Crippen LogP contribution < -0.4 is 10.6 Å². The number of hydrogen-bond donors (Lipinski definition) is 3. The van der Waals surface area contributed by atoms with Crippen LogP contribution in [0.15, 0.2) is 36.9 Å². The first-order valence-electron chi connectivity index (χ1n) is 13.8. The minimum absolute atomic E-state index is 0.254. The predicted octanol–water partition coefficient (Wildman–Crippen LogP) is 3.89. The lowest BCUT2D eigenvalue weighted by Gasteiger charge is -2.29. The Labute approximate surface area is 238 Å². The second kappa shape index (κ2) is 11.8. The molecule has 0 amide bonds. The van der Waals surface area contributed by atoms with Gasteiger partial charge >= 0.3 is 0 Å². The summed E-state index contributed by atoms with van der Waals surface area (Å²) in [6, 6.07) is 4.02. The highest BCUT2D eigenvalue weighted by molar-refractivity contribution is 7.99. The first kappa shape index (κ1) is 27.1. The van der Waals surface area contributed by atoms with Crippen molar-refractivity contribution in [2.75, 3.05) is 28.7 Å². The van der Waals surface area contributed by atoms with Crippen LogP contribution in [0.25, 0.3) is 11.4 Å². The van der Waals surface area contributed by atoms with Gasteiger partial charge in [0.1, 0.15) is 11.6 Å². The van der Waals surface area contributed by atoms with Crippen molar-refractivity contribution in [1.29, 1.82) is 0 Å². The monoisotopic (exact) mass is 579 g/mol. The Hall–Kier alpha value is -3.14. The van der Waals surface area contributed by atoms with E-state index in [0.717, 1.165) is 58.9 Å². The van der Waals surface area contributed by atoms with Crippen LogP contribution >= 0.6 is 11.8 Å². The second-order valence-corrected chi connectivity index (χ2v) is 13.9. The summed E-state index contributed by atoms with van der Waals surface area (Å²) < 4.78 is 26.1. The number of anilines is 3. The Morgan fingerprint density at radius 3 is 2.67 bits per heavy atom. The molecule has 1 unspecified atom stereocenters. The molecular formula is C28H33N7O3S2. The number of aliphatic hydroxyl groups is 1. The Bertz CT molecular complexity index is 1510. The lowest BCUT2D eigenvalue weighted by atomic mass is 9.86. The topological polar surface area (TPSA) is 135 Å². The first-order chi connectivity index (χ1) is 19.5. The number of rotatable bonds is 8. The molecule has 0 radical (unpaired) electrons. The highest BCUT2D eigenvalue weighted by atomic mass is 32.2. The normalized spacial score (nSPS) is 22.9. The number of nitrogens with one attached hydrogen (secondary N) is 2. The van der Waals surface area contributed by atoms with E-state index in [0.29, 0.717) is 53.7 Å². The lowest BCUT2D eigenvalue weighted by molar-refractivity contribution is 0.186. The van der Waals surface area contributed by atoms with Crippen LogP contribution in [0.2, 0.25) is 0 Å². The zero-order valence-corrected chi connectivity index (χ0v) is 23.8. The highest BCUT2D eigenvalue weighted by Crippen LogP contribution is 2.31. The van der Waals surface area contributed by atoms with E-state index >= 15 is 0 Å². The number of thioether (sulfide) groups is 1. The van der Waals surface area contributed by atoms with Crippen LogP contribution in [0.4, 0.5) is 17.3 Å². The average molecular weight is 580 g/mol. The van der Waals surface area contributed by atoms with Crippen molar-refractivity contribution >= 4 is 39.1 Å². The van der Waals surface area contributed by atoms with Gasteiger partial charge < -0.3 is 15.7 Å². The molecule has 10 nitrogen and oxygen atoms in total. The standard InChI is InChI=1S/C28H33N7O3S2/c36-17-19-2-5-23(6-3-19)32-25-13-27(30-14-21(25)4-1-20-10-12-39-18-20)33-26-9-11-29-28(34-26)22-15-31-35(16-22)40(37,38)24-7-8-24/h9,11,13-16,19-20,23-24,36H,2-3,5-8,10,12,17-18H2,(H2,29,30,32,33,34). The van der Waals surface area contributed by atoms with Crippen molar-refractivity contribution in [3.05, 3.63) is 42.5 Å². The van der Waals surface area contributed by atoms with Crippen molar-refractivity contribution in [2.45, 2.75) is 56.2 Å². The third kappa shape index (κ3) is 6.27. The van der Waals surface area contributed by atoms with Gasteiger partial charge in [0.05, 0.1) is 34.5 Å². The van der Waals surface area contributed by atoms with Gasteiger partial charge in [0.15, 0.2) is 5.82 Å². The van der Waals surface area contributed by atoms with E-state index in [1.165, 1.54) is 12.4 Å². The molecule has 4 heterocycles. The molecule has 3 fully saturated rings. The number of aromatic nitrogens is 5. The minimum Gasteiger partial charge on any atom is -0.396 e. The van der Waals surface area contributed by atoms with Gasteiger partial charge in [-0.15, -0.1) is 0 Å². The highest BCUT2D eigenvalue weighted by Gasteiger charge is 2.37. The molecule has 1 atom stereocenters. The summed E-state index contributed by atoms with van der Waals surface area (Å²) >= 11 is 1.95. The third-order valence-corrected chi connectivity index (χ3v) is 10.8. The first-order valence-corrected chi connectivity index (χ1v) is 16.5. The summed E-state index contributed by atoms with van der Waals surface area (Å²) in [5, 5.41) is 20.2. The van der Waals surface area contributed by atoms with Gasteiger partial charge in [-0.3, -0.25) is 0 Å². The molecule has 2 aliphatic carbocycles. The summed E-state index contributed by atoms with van der Waals surface area (Å²) in [7, 11) is -3.46. The fourth-order valence-corrected chi connectivity index (χ4v) is 7.69. The SMILES string of the molecule is O=S(=O)(C1CC1)n1cc(-c2nccc(Nc3cc(NC4CCC(CO)CC4)c(C#CC4CCSC4)cn3)n2)cn1. The van der Waals surface area contributed by atoms with Crippen LogP contribution in [0, 0.1) is 23.7 Å². The Kier molecular flexibility index (Phi) is 7.96. The Balaban J connectivity index is 1.21. The van der Waals surface area contributed by atoms with Crippen molar-refractivity contribution < 1.29 is 13.5 Å². The third-order valence-electron chi connectivity index (χ3n) is 7.65. The zero-order valence-electron chi connectivity index (χ0n) is 22.2. The Morgan fingerprint density at radius 1 is 1.07 bits per heavy atom. The quantitative estimate of drug-likeness (QED) is 0.337. The summed E-state index contributed by atoms with van der Waals surface area (Å²) in [5.41, 5.74) is 2.33. The van der Waals surface area contributed by atoms with Crippen molar-refractivity contribution in [3.63, 3.8) is 0 Å². The van der Waals surface area contributed by atoms with E-state index < -0.39 is 10.0 Å². The summed E-state index contributed by atoms with van der Waals surface area (Å²) in [6.45, 7) is 0.254. The fraction of sp³-hybridized carbons (Fsp3) is 0.500. The molecule has 1 saturated heterocycles. The van der Waals surface area contributed by atoms with Crippen molar-refractivity contribution in [3.8, 4) is 23.2 Å². The molecule has 1 aliphatic heterocycles. The lowest BCUT2D eigenvalue weighted by Crippen LogP contribution is -2.27. The molecule has 3 aliphatic rings. The van der Waals surface area contributed by atoms with Gasteiger partial charge in [-0.1, -0.05) is 11.8 Å². The van der Waals surface area contributed by atoms with E-state index in [9.17, 15) is 13.5 Å². The van der Waals surface area contributed by atoms with E-state index in [1.54, 1.807) is 18.5 Å². The van der Waals surface area contributed by atoms with E-state index in [1.807, 2.05) is 17.8 Å². The van der Waals surface area contributed by atoms with Crippen LogP contribution in [0.3, 0.4) is 0 Å². The maximum absolute atomic E-state index is 12.5. The molecule has 0 aromatic carbocycles. The summed E-state index contributed by atoms with van der Waals surface area (Å²) in [6.07, 6.45) is 12.8. The molecule has 3 N–H and O–H groups in total. The molecule has 3 aromatic heterocycles. The second-order valence-electron chi connectivity index (χ2n) is 10.7. The van der Waals surface area contributed by atoms with Gasteiger partial charge in [-0.25, -0.2) is 23.4 Å². The van der Waals surface area contributed by atoms with Crippen LogP contribution in [-0.4, -0.2) is 67.1 Å². The number of hydrogen-bond acceptors (Lipinski definition) is 10. The van der Waals surface area contributed by atoms with E-state index in [-0.39, 0.29) is 11.9 Å². The largest absolute Gasteiger partial charge is 0.396 e. The maximum Gasteiger partial charge on any atom is 0.256 e. The molecule has 6 rings (SSSR count). The Morgan fingerprint density at radius 2 is 1.93 bits per heavy atom. The smallest absolute Gasteiger partial charge is 0.256 e. The fourth-order valence-electron chi connectivity index (χ4n) is 5.06. The maximum atomic E-state index is 12.5. The molecule has 0 bridgehead atoms. The van der Waals surface area contributed by atoms with Crippen LogP contribution in [-0.2, 0) is 10.0 Å². The van der Waals surface area contributed by atoms with Crippen molar-refractivity contribution in [2.24, 2.45) is 11.8 Å². The number of aliphatic hydroxyl groups excluding tert-OH is 1. The zero-order chi connectivity index (χ0) is 27.5. The minimum atomic E-state index is -3.46. The molecular weight excluding hydrogens is 546 g/mol. The van der Waals surface area contributed by atoms with Crippen molar-refractivity contribution in [1.82, 2.24) is 24.1 Å². The number of nitrogens with zero attached hydrogens (tertiary/aromatic N) is 5. The average Bonchev–Trinajstić information content (AvgIpc) is 3.48. The molecule has 12 heteroatoms. The predicted molar refractivity (Wildman–Crippen MR) is 157 cm³/mol. The summed E-state index contributed by atoms with van der Waals surface area (Å²) in [5.74, 6) is 11.4. The van der Waals surface area contributed by atoms with Gasteiger partial charge in [0, 0.05) is 42.8 Å². The number of pyridine rings is 1. The molecule has 210 valence electrons. The van der Waals surface area contributed by atoms with Gasteiger partial charge in [-0.2, -0.15) is 20.9 Å². The van der Waals surface area contributed by atoms with Gasteiger partial charge in [-0.05, 0) is 62.7 Å². The van der Waals surface area contributed by atoms with Gasteiger partial charge in [0.25, 0.3) is 10.0 Å². The molecule has 40 heavy (non-hydrogen) atoms. The van der Waals surface area contributed by atoms with Crippen LogP contribution in [0.1, 0.15) is 50.5 Å². The molecule has 3 aromatic rings. The van der Waals surface area contributed by atoms with Gasteiger partial charge in [0.2, 0.25) is 0 Å². The molecule has 2 saturated carbocycles. The molecule has 0 spiro atoms.